The molecule has 2 atom stereocenters. The second-order valence-corrected chi connectivity index (χ2v) is 7.34. The number of benzene rings is 2. The summed E-state index contributed by atoms with van der Waals surface area (Å²) >= 11 is 0. The lowest BCUT2D eigenvalue weighted by atomic mass is 9.98. The van der Waals surface area contributed by atoms with Gasteiger partial charge < -0.3 is 24.8 Å². The third-order valence-electron chi connectivity index (χ3n) is 5.34. The lowest BCUT2D eigenvalue weighted by Crippen LogP contribution is -2.40. The molecule has 2 N–H and O–H groups in total. The molecule has 2 unspecified atom stereocenters. The van der Waals surface area contributed by atoms with Crippen LogP contribution < -0.4 is 14.8 Å². The zero-order valence-electron chi connectivity index (χ0n) is 17.8. The zero-order valence-corrected chi connectivity index (χ0v) is 17.8. The topological polar surface area (TPSA) is 66.3 Å². The van der Waals surface area contributed by atoms with Crippen LogP contribution in [0, 0.1) is 5.82 Å². The van der Waals surface area contributed by atoms with Gasteiger partial charge in [-0.2, -0.15) is 0 Å². The van der Waals surface area contributed by atoms with Crippen LogP contribution >= 0.6 is 0 Å². The minimum Gasteiger partial charge on any atom is -0.497 e. The van der Waals surface area contributed by atoms with Gasteiger partial charge >= 0.3 is 0 Å². The number of hydrogen-bond acceptors (Lipinski definition) is 4. The lowest BCUT2D eigenvalue weighted by Gasteiger charge is -2.22. The fourth-order valence-corrected chi connectivity index (χ4v) is 3.68. The Morgan fingerprint density at radius 1 is 1.20 bits per heavy atom. The first-order valence-electron chi connectivity index (χ1n) is 10.2. The van der Waals surface area contributed by atoms with Gasteiger partial charge in [0.2, 0.25) is 0 Å². The molecule has 1 aliphatic heterocycles. The fourth-order valence-electron chi connectivity index (χ4n) is 3.68. The first-order valence-corrected chi connectivity index (χ1v) is 10.2. The van der Waals surface area contributed by atoms with E-state index in [-0.39, 0.29) is 12.4 Å². The fraction of sp³-hybridized carbons (Fsp3) is 0.435. The maximum absolute atomic E-state index is 13.1. The second-order valence-electron chi connectivity index (χ2n) is 7.34. The maximum Gasteiger partial charge on any atom is 0.194 e. The van der Waals surface area contributed by atoms with Crippen molar-refractivity contribution in [3.8, 4) is 11.5 Å². The number of halogens is 1. The highest BCUT2D eigenvalue weighted by molar-refractivity contribution is 5.80. The molecule has 0 amide bonds. The highest BCUT2D eigenvalue weighted by Crippen LogP contribution is 2.33. The summed E-state index contributed by atoms with van der Waals surface area (Å²) < 4.78 is 23.9. The van der Waals surface area contributed by atoms with Crippen LogP contribution in [0.3, 0.4) is 0 Å². The van der Waals surface area contributed by atoms with Gasteiger partial charge in [-0.15, -0.1) is 0 Å². The highest BCUT2D eigenvalue weighted by atomic mass is 19.1. The first-order chi connectivity index (χ1) is 14.5. The minimum atomic E-state index is -0.777. The number of aliphatic imine (C=N–C) groups is 1. The Labute approximate surface area is 177 Å². The van der Waals surface area contributed by atoms with Gasteiger partial charge in [0.25, 0.3) is 0 Å². The number of aliphatic hydroxyl groups excluding tert-OH is 1. The molecule has 1 heterocycles. The summed E-state index contributed by atoms with van der Waals surface area (Å²) in [5.41, 5.74) is 1.83. The molecule has 1 saturated heterocycles. The first kappa shape index (κ1) is 21.9. The molecule has 30 heavy (non-hydrogen) atoms. The van der Waals surface area contributed by atoms with Crippen molar-refractivity contribution >= 4 is 5.96 Å². The van der Waals surface area contributed by atoms with Crippen LogP contribution in [0.5, 0.6) is 11.5 Å². The molecule has 0 saturated carbocycles. The van der Waals surface area contributed by atoms with Crippen LogP contribution in [0.15, 0.2) is 47.5 Å². The number of guanidine groups is 1. The van der Waals surface area contributed by atoms with Crippen molar-refractivity contribution in [2.75, 3.05) is 40.4 Å². The largest absolute Gasteiger partial charge is 0.497 e. The van der Waals surface area contributed by atoms with Gasteiger partial charge in [-0.25, -0.2) is 4.39 Å². The van der Waals surface area contributed by atoms with E-state index in [1.165, 1.54) is 17.7 Å². The lowest BCUT2D eigenvalue weighted by molar-refractivity contribution is 0.186. The molecule has 0 aliphatic carbocycles. The van der Waals surface area contributed by atoms with E-state index in [0.29, 0.717) is 11.5 Å². The Kier molecular flexibility index (Phi) is 7.52. The molecule has 7 heteroatoms. The summed E-state index contributed by atoms with van der Waals surface area (Å²) in [7, 11) is 3.31. The van der Waals surface area contributed by atoms with E-state index in [1.54, 1.807) is 26.4 Å². The molecule has 0 radical (unpaired) electrons. The molecule has 6 nitrogen and oxygen atoms in total. The zero-order chi connectivity index (χ0) is 21.5. The summed E-state index contributed by atoms with van der Waals surface area (Å²) in [4.78, 5) is 6.83. The van der Waals surface area contributed by atoms with Gasteiger partial charge in [-0.1, -0.05) is 12.1 Å². The van der Waals surface area contributed by atoms with Crippen molar-refractivity contribution in [3.05, 3.63) is 59.4 Å². The van der Waals surface area contributed by atoms with E-state index in [1.807, 2.05) is 13.0 Å². The molecule has 1 aliphatic rings. The molecule has 1 fully saturated rings. The molecule has 2 aromatic rings. The Morgan fingerprint density at radius 3 is 2.47 bits per heavy atom. The molecule has 0 spiro atoms. The average molecular weight is 416 g/mol. The van der Waals surface area contributed by atoms with Gasteiger partial charge in [-0.3, -0.25) is 4.99 Å². The number of rotatable bonds is 7. The molecular formula is C23H30FN3O3. The molecule has 2 aromatic carbocycles. The predicted molar refractivity (Wildman–Crippen MR) is 116 cm³/mol. The van der Waals surface area contributed by atoms with Gasteiger partial charge in [0, 0.05) is 31.6 Å². The molecule has 162 valence electrons. The Bertz CT molecular complexity index is 835. The van der Waals surface area contributed by atoms with E-state index in [4.69, 9.17) is 9.47 Å². The number of hydrogen-bond donors (Lipinski definition) is 2. The third-order valence-corrected chi connectivity index (χ3v) is 5.34. The van der Waals surface area contributed by atoms with Gasteiger partial charge in [0.05, 0.1) is 26.9 Å². The van der Waals surface area contributed by atoms with E-state index in [0.717, 1.165) is 43.5 Å². The van der Waals surface area contributed by atoms with Crippen molar-refractivity contribution in [2.45, 2.75) is 25.4 Å². The van der Waals surface area contributed by atoms with Crippen LogP contribution in [0.2, 0.25) is 0 Å². The van der Waals surface area contributed by atoms with Crippen molar-refractivity contribution in [3.63, 3.8) is 0 Å². The van der Waals surface area contributed by atoms with E-state index in [2.05, 4.69) is 27.3 Å². The van der Waals surface area contributed by atoms with E-state index >= 15 is 0 Å². The van der Waals surface area contributed by atoms with Gasteiger partial charge in [-0.05, 0) is 48.7 Å². The van der Waals surface area contributed by atoms with Crippen LogP contribution in [-0.4, -0.2) is 56.4 Å². The van der Waals surface area contributed by atoms with E-state index < -0.39 is 6.10 Å². The number of aliphatic hydroxyl groups is 1. The number of methoxy groups -OCH3 is 2. The highest BCUT2D eigenvalue weighted by Gasteiger charge is 2.27. The Balaban J connectivity index is 1.70. The SMILES string of the molecule is CCNC(=NCC(O)c1ccc(F)cc1)N1CCC(c2cc(OC)cc(OC)c2)C1. The van der Waals surface area contributed by atoms with Gasteiger partial charge in [0.15, 0.2) is 5.96 Å². The Morgan fingerprint density at radius 2 is 1.87 bits per heavy atom. The van der Waals surface area contributed by atoms with Crippen molar-refractivity contribution in [1.82, 2.24) is 10.2 Å². The standard InChI is InChI=1S/C23H30FN3O3/c1-4-25-23(26-14-22(28)16-5-7-19(24)8-6-16)27-10-9-17(15-27)18-11-20(29-2)13-21(12-18)30-3/h5-8,11-13,17,22,28H,4,9-10,14-15H2,1-3H3,(H,25,26). The van der Waals surface area contributed by atoms with Gasteiger partial charge in [0.1, 0.15) is 17.3 Å². The summed E-state index contributed by atoms with van der Waals surface area (Å²) in [6.45, 7) is 4.64. The summed E-state index contributed by atoms with van der Waals surface area (Å²) in [5, 5.41) is 13.7. The number of ether oxygens (including phenoxy) is 2. The summed E-state index contributed by atoms with van der Waals surface area (Å²) in [5.74, 6) is 2.35. The van der Waals surface area contributed by atoms with Crippen LogP contribution in [0.4, 0.5) is 4.39 Å². The Hall–Kier alpha value is -2.80. The number of nitrogens with one attached hydrogen (secondary N) is 1. The molecule has 3 rings (SSSR count). The average Bonchev–Trinajstić information content (AvgIpc) is 3.26. The maximum atomic E-state index is 13.1. The monoisotopic (exact) mass is 415 g/mol. The smallest absolute Gasteiger partial charge is 0.194 e. The number of likely N-dealkylation sites (tertiary alicyclic amines) is 1. The van der Waals surface area contributed by atoms with Crippen molar-refractivity contribution < 1.29 is 19.0 Å². The summed E-state index contributed by atoms with van der Waals surface area (Å²) in [6.07, 6.45) is 0.210. The predicted octanol–water partition coefficient (Wildman–Crippen LogP) is 3.33. The second kappa shape index (κ2) is 10.3. The van der Waals surface area contributed by atoms with Crippen LogP contribution in [0.25, 0.3) is 0 Å². The minimum absolute atomic E-state index is 0.210. The normalized spacial score (nSPS) is 17.7. The quantitative estimate of drug-likeness (QED) is 0.536. The van der Waals surface area contributed by atoms with Crippen LogP contribution in [-0.2, 0) is 0 Å². The van der Waals surface area contributed by atoms with Crippen molar-refractivity contribution in [2.24, 2.45) is 4.99 Å². The van der Waals surface area contributed by atoms with Crippen molar-refractivity contribution in [1.29, 1.82) is 0 Å². The van der Waals surface area contributed by atoms with E-state index in [9.17, 15) is 9.50 Å². The molecule has 0 aromatic heterocycles. The third kappa shape index (κ3) is 5.42. The van der Waals surface area contributed by atoms with Crippen LogP contribution in [0.1, 0.15) is 36.5 Å². The summed E-state index contributed by atoms with van der Waals surface area (Å²) in [6, 6.07) is 11.9. The molecule has 0 bridgehead atoms. The number of nitrogens with zero attached hydrogens (tertiary/aromatic N) is 2. The molecular weight excluding hydrogens is 385 g/mol.